The molecule has 3 nitrogen and oxygen atoms in total. The number of nitrogens with zero attached hydrogens (tertiary/aromatic N) is 1. The van der Waals surface area contributed by atoms with E-state index in [2.05, 4.69) is 17.2 Å². The van der Waals surface area contributed by atoms with E-state index in [0.717, 1.165) is 34.4 Å². The molecule has 0 aliphatic rings. The fraction of sp³-hybridized carbons (Fsp3) is 0.357. The number of hydrogen-bond acceptors (Lipinski definition) is 4. The number of aryl methyl sites for hydroxylation is 1. The molecule has 0 fully saturated rings. The molecule has 102 valence electrons. The van der Waals surface area contributed by atoms with Crippen molar-refractivity contribution in [3.8, 4) is 5.75 Å². The Bertz CT molecular complexity index is 542. The van der Waals surface area contributed by atoms with E-state index in [4.69, 9.17) is 16.3 Å². The van der Waals surface area contributed by atoms with E-state index in [1.54, 1.807) is 11.3 Å². The Morgan fingerprint density at radius 3 is 3.00 bits per heavy atom. The molecule has 0 amide bonds. The molecule has 1 aromatic carbocycles. The number of aromatic nitrogens is 1. The summed E-state index contributed by atoms with van der Waals surface area (Å²) in [6, 6.07) is 5.67. The molecule has 0 bridgehead atoms. The predicted molar refractivity (Wildman–Crippen MR) is 80.0 cm³/mol. The Morgan fingerprint density at radius 2 is 2.26 bits per heavy atom. The summed E-state index contributed by atoms with van der Waals surface area (Å²) in [6.45, 7) is 6.39. The van der Waals surface area contributed by atoms with Crippen molar-refractivity contribution in [2.24, 2.45) is 0 Å². The first-order valence-electron chi connectivity index (χ1n) is 6.22. The summed E-state index contributed by atoms with van der Waals surface area (Å²) in [5.41, 5.74) is 1.02. The molecule has 0 aliphatic carbocycles. The van der Waals surface area contributed by atoms with Crippen LogP contribution in [0.4, 0.5) is 0 Å². The predicted octanol–water partition coefficient (Wildman–Crippen LogP) is 3.79. The first-order valence-corrected chi connectivity index (χ1v) is 7.41. The molecule has 19 heavy (non-hydrogen) atoms. The molecule has 0 radical (unpaired) electrons. The number of nitrogens with one attached hydrogen (secondary N) is 1. The molecule has 0 saturated heterocycles. The summed E-state index contributed by atoms with van der Waals surface area (Å²) in [4.78, 5) is 5.58. The zero-order valence-electron chi connectivity index (χ0n) is 11.1. The smallest absolute Gasteiger partial charge is 0.140 e. The summed E-state index contributed by atoms with van der Waals surface area (Å²) in [5, 5.41) is 5.03. The van der Waals surface area contributed by atoms with Gasteiger partial charge in [0.05, 0.1) is 0 Å². The third-order valence-electron chi connectivity index (χ3n) is 2.64. The lowest BCUT2D eigenvalue weighted by molar-refractivity contribution is 0.305. The van der Waals surface area contributed by atoms with Gasteiger partial charge in [-0.3, -0.25) is 0 Å². The molecule has 1 aromatic heterocycles. The van der Waals surface area contributed by atoms with E-state index < -0.39 is 0 Å². The van der Waals surface area contributed by atoms with Crippen LogP contribution in [0, 0.1) is 6.92 Å². The standard InChI is InChI=1S/C14H17ClN2OS/c1-3-16-7-12-8-17-14(19-12)9-18-11-4-5-13(15)10(2)6-11/h4-6,8,16H,3,7,9H2,1-2H3. The van der Waals surface area contributed by atoms with Crippen LogP contribution in [0.3, 0.4) is 0 Å². The summed E-state index contributed by atoms with van der Waals surface area (Å²) in [6.07, 6.45) is 1.90. The Morgan fingerprint density at radius 1 is 1.42 bits per heavy atom. The van der Waals surface area contributed by atoms with Crippen LogP contribution < -0.4 is 10.1 Å². The summed E-state index contributed by atoms with van der Waals surface area (Å²) < 4.78 is 5.71. The molecular formula is C14H17ClN2OS. The number of hydrogen-bond donors (Lipinski definition) is 1. The molecule has 1 heterocycles. The minimum absolute atomic E-state index is 0.498. The average molecular weight is 297 g/mol. The van der Waals surface area contributed by atoms with Gasteiger partial charge in [-0.25, -0.2) is 4.98 Å². The van der Waals surface area contributed by atoms with Gasteiger partial charge < -0.3 is 10.1 Å². The monoisotopic (exact) mass is 296 g/mol. The first-order chi connectivity index (χ1) is 9.19. The number of halogens is 1. The van der Waals surface area contributed by atoms with Gasteiger partial charge in [0.2, 0.25) is 0 Å². The number of rotatable bonds is 6. The first kappa shape index (κ1) is 14.3. The van der Waals surface area contributed by atoms with E-state index >= 15 is 0 Å². The highest BCUT2D eigenvalue weighted by Gasteiger charge is 2.04. The summed E-state index contributed by atoms with van der Waals surface area (Å²) in [5.74, 6) is 0.824. The van der Waals surface area contributed by atoms with Gasteiger partial charge in [-0.15, -0.1) is 11.3 Å². The molecule has 0 atom stereocenters. The number of ether oxygens (including phenoxy) is 1. The van der Waals surface area contributed by atoms with Crippen molar-refractivity contribution in [3.05, 3.63) is 44.9 Å². The van der Waals surface area contributed by atoms with Crippen LogP contribution in [0.2, 0.25) is 5.02 Å². The number of benzene rings is 1. The van der Waals surface area contributed by atoms with Crippen LogP contribution in [0.1, 0.15) is 22.4 Å². The van der Waals surface area contributed by atoms with Gasteiger partial charge in [0.1, 0.15) is 17.4 Å². The minimum Gasteiger partial charge on any atom is -0.486 e. The van der Waals surface area contributed by atoms with Crippen LogP contribution >= 0.6 is 22.9 Å². The van der Waals surface area contributed by atoms with Crippen LogP contribution in [0.15, 0.2) is 24.4 Å². The maximum atomic E-state index is 5.98. The van der Waals surface area contributed by atoms with Crippen molar-refractivity contribution in [2.75, 3.05) is 6.54 Å². The van der Waals surface area contributed by atoms with Crippen molar-refractivity contribution in [2.45, 2.75) is 27.0 Å². The normalized spacial score (nSPS) is 10.7. The lowest BCUT2D eigenvalue weighted by Crippen LogP contribution is -2.10. The molecular weight excluding hydrogens is 280 g/mol. The van der Waals surface area contributed by atoms with Gasteiger partial charge in [-0.1, -0.05) is 18.5 Å². The second kappa shape index (κ2) is 6.89. The van der Waals surface area contributed by atoms with Gasteiger partial charge in [0.15, 0.2) is 0 Å². The van der Waals surface area contributed by atoms with Gasteiger partial charge in [-0.05, 0) is 37.2 Å². The molecule has 5 heteroatoms. The third-order valence-corrected chi connectivity index (χ3v) is 4.04. The second-order valence-corrected chi connectivity index (χ2v) is 5.81. The van der Waals surface area contributed by atoms with E-state index in [1.807, 2.05) is 31.3 Å². The van der Waals surface area contributed by atoms with Gasteiger partial charge >= 0.3 is 0 Å². The molecule has 0 saturated carbocycles. The maximum absolute atomic E-state index is 5.98. The van der Waals surface area contributed by atoms with Crippen molar-refractivity contribution >= 4 is 22.9 Å². The maximum Gasteiger partial charge on any atom is 0.140 e. The van der Waals surface area contributed by atoms with Crippen LogP contribution in [-0.4, -0.2) is 11.5 Å². The summed E-state index contributed by atoms with van der Waals surface area (Å²) in [7, 11) is 0. The van der Waals surface area contributed by atoms with Gasteiger partial charge in [0.25, 0.3) is 0 Å². The van der Waals surface area contributed by atoms with Crippen molar-refractivity contribution in [3.63, 3.8) is 0 Å². The highest BCUT2D eigenvalue weighted by molar-refractivity contribution is 7.11. The van der Waals surface area contributed by atoms with Crippen LogP contribution in [-0.2, 0) is 13.2 Å². The minimum atomic E-state index is 0.498. The lowest BCUT2D eigenvalue weighted by atomic mass is 10.2. The van der Waals surface area contributed by atoms with E-state index in [-0.39, 0.29) is 0 Å². The van der Waals surface area contributed by atoms with Crippen LogP contribution in [0.5, 0.6) is 5.75 Å². The van der Waals surface area contributed by atoms with Crippen molar-refractivity contribution in [1.29, 1.82) is 0 Å². The SMILES string of the molecule is CCNCc1cnc(COc2ccc(Cl)c(C)c2)s1. The summed E-state index contributed by atoms with van der Waals surface area (Å²) >= 11 is 7.65. The fourth-order valence-corrected chi connectivity index (χ4v) is 2.52. The Hall–Kier alpha value is -1.10. The largest absolute Gasteiger partial charge is 0.486 e. The van der Waals surface area contributed by atoms with Crippen LogP contribution in [0.25, 0.3) is 0 Å². The molecule has 0 aliphatic heterocycles. The third kappa shape index (κ3) is 4.20. The number of thiazole rings is 1. The zero-order chi connectivity index (χ0) is 13.7. The topological polar surface area (TPSA) is 34.2 Å². The van der Waals surface area contributed by atoms with Crippen molar-refractivity contribution < 1.29 is 4.74 Å². The fourth-order valence-electron chi connectivity index (χ4n) is 1.60. The van der Waals surface area contributed by atoms with E-state index in [9.17, 15) is 0 Å². The second-order valence-electron chi connectivity index (χ2n) is 4.20. The zero-order valence-corrected chi connectivity index (χ0v) is 12.6. The Kier molecular flexibility index (Phi) is 5.19. The average Bonchev–Trinajstić information content (AvgIpc) is 2.86. The Labute approximate surface area is 122 Å². The van der Waals surface area contributed by atoms with Crippen molar-refractivity contribution in [1.82, 2.24) is 10.3 Å². The molecule has 2 aromatic rings. The highest BCUT2D eigenvalue weighted by Crippen LogP contribution is 2.22. The Balaban J connectivity index is 1.91. The molecule has 1 N–H and O–H groups in total. The quantitative estimate of drug-likeness (QED) is 0.880. The molecule has 2 rings (SSSR count). The highest BCUT2D eigenvalue weighted by atomic mass is 35.5. The van der Waals surface area contributed by atoms with Gasteiger partial charge in [-0.2, -0.15) is 0 Å². The molecule has 0 spiro atoms. The van der Waals surface area contributed by atoms with E-state index in [1.165, 1.54) is 4.88 Å². The lowest BCUT2D eigenvalue weighted by Gasteiger charge is -2.05. The van der Waals surface area contributed by atoms with Gasteiger partial charge in [0, 0.05) is 22.6 Å². The van der Waals surface area contributed by atoms with E-state index in [0.29, 0.717) is 6.61 Å². The molecule has 0 unspecified atom stereocenters.